The van der Waals surface area contributed by atoms with Gasteiger partial charge in [0, 0.05) is 23.1 Å². The van der Waals surface area contributed by atoms with E-state index in [2.05, 4.69) is 0 Å². The van der Waals surface area contributed by atoms with Crippen LogP contribution in [0.4, 0.5) is 0 Å². The second kappa shape index (κ2) is 3.61. The molecule has 1 aromatic rings. The fourth-order valence-electron chi connectivity index (χ4n) is 2.31. The van der Waals surface area contributed by atoms with Crippen molar-refractivity contribution < 1.29 is 19.4 Å². The fourth-order valence-corrected chi connectivity index (χ4v) is 2.31. The summed E-state index contributed by atoms with van der Waals surface area (Å²) in [7, 11) is 0. The first-order valence-electron chi connectivity index (χ1n) is 5.41. The molecule has 86 valence electrons. The van der Waals surface area contributed by atoms with E-state index in [1.807, 2.05) is 0 Å². The van der Waals surface area contributed by atoms with Crippen LogP contribution in [0.5, 0.6) is 0 Å². The Bertz CT molecular complexity index is 556. The molecule has 0 spiro atoms. The number of rotatable bonds is 0. The van der Waals surface area contributed by atoms with Crippen LogP contribution in [-0.4, -0.2) is 29.6 Å². The Labute approximate surface area is 97.5 Å². The van der Waals surface area contributed by atoms with Gasteiger partial charge in [0.25, 0.3) is 0 Å². The van der Waals surface area contributed by atoms with E-state index in [0.29, 0.717) is 23.1 Å². The van der Waals surface area contributed by atoms with Crippen molar-refractivity contribution in [3.63, 3.8) is 0 Å². The SMILES string of the molecule is O=C1C2=C(C(=O)c3ccccc31)[C@@H](O)OCC2. The molecule has 0 bridgehead atoms. The zero-order chi connectivity index (χ0) is 12.0. The van der Waals surface area contributed by atoms with Gasteiger partial charge >= 0.3 is 0 Å². The van der Waals surface area contributed by atoms with E-state index >= 15 is 0 Å². The Morgan fingerprint density at radius 3 is 2.47 bits per heavy atom. The van der Waals surface area contributed by atoms with Gasteiger partial charge in [0.1, 0.15) is 0 Å². The van der Waals surface area contributed by atoms with E-state index in [9.17, 15) is 14.7 Å². The van der Waals surface area contributed by atoms with Crippen molar-refractivity contribution in [2.45, 2.75) is 12.7 Å². The zero-order valence-corrected chi connectivity index (χ0v) is 8.97. The summed E-state index contributed by atoms with van der Waals surface area (Å²) in [5.41, 5.74) is 1.28. The van der Waals surface area contributed by atoms with Gasteiger partial charge in [-0.2, -0.15) is 0 Å². The van der Waals surface area contributed by atoms with Crippen LogP contribution in [0, 0.1) is 0 Å². The third-order valence-corrected chi connectivity index (χ3v) is 3.13. The van der Waals surface area contributed by atoms with Crippen molar-refractivity contribution in [2.24, 2.45) is 0 Å². The fraction of sp³-hybridized carbons (Fsp3) is 0.231. The van der Waals surface area contributed by atoms with E-state index in [0.717, 1.165) is 0 Å². The predicted octanol–water partition coefficient (Wildman–Crippen LogP) is 1.10. The highest BCUT2D eigenvalue weighted by molar-refractivity contribution is 6.27. The van der Waals surface area contributed by atoms with Crippen LogP contribution in [-0.2, 0) is 4.74 Å². The van der Waals surface area contributed by atoms with Gasteiger partial charge in [0.05, 0.1) is 12.2 Å². The predicted molar refractivity (Wildman–Crippen MR) is 58.7 cm³/mol. The summed E-state index contributed by atoms with van der Waals surface area (Å²) in [5, 5.41) is 9.66. The van der Waals surface area contributed by atoms with E-state index < -0.39 is 6.29 Å². The van der Waals surface area contributed by atoms with Crippen LogP contribution < -0.4 is 0 Å². The third kappa shape index (κ3) is 1.38. The number of aliphatic hydroxyl groups is 1. The molecule has 0 radical (unpaired) electrons. The summed E-state index contributed by atoms with van der Waals surface area (Å²) in [4.78, 5) is 24.3. The molecule has 4 nitrogen and oxygen atoms in total. The smallest absolute Gasteiger partial charge is 0.195 e. The molecule has 1 N–H and O–H groups in total. The summed E-state index contributed by atoms with van der Waals surface area (Å²) in [6.07, 6.45) is -0.894. The van der Waals surface area contributed by atoms with Crippen LogP contribution in [0.25, 0.3) is 0 Å². The average molecular weight is 230 g/mol. The monoisotopic (exact) mass is 230 g/mol. The number of aliphatic hydroxyl groups excluding tert-OH is 1. The topological polar surface area (TPSA) is 63.6 Å². The number of ether oxygens (including phenoxy) is 1. The number of benzene rings is 1. The van der Waals surface area contributed by atoms with Crippen LogP contribution in [0.1, 0.15) is 27.1 Å². The van der Waals surface area contributed by atoms with Gasteiger partial charge in [0.2, 0.25) is 0 Å². The van der Waals surface area contributed by atoms with Gasteiger partial charge in [-0.25, -0.2) is 0 Å². The van der Waals surface area contributed by atoms with Gasteiger partial charge in [-0.15, -0.1) is 0 Å². The summed E-state index contributed by atoms with van der Waals surface area (Å²) in [5.74, 6) is -0.472. The second-order valence-corrected chi connectivity index (χ2v) is 4.07. The minimum atomic E-state index is -1.27. The quantitative estimate of drug-likeness (QED) is 0.725. The molecule has 2 aliphatic rings. The number of hydrogen-bond donors (Lipinski definition) is 1. The Balaban J connectivity index is 2.23. The lowest BCUT2D eigenvalue weighted by molar-refractivity contribution is -0.0774. The van der Waals surface area contributed by atoms with E-state index in [1.54, 1.807) is 24.3 Å². The maximum atomic E-state index is 12.2. The number of carbonyl (C=O) groups excluding carboxylic acids is 2. The highest BCUT2D eigenvalue weighted by Gasteiger charge is 2.37. The number of carbonyl (C=O) groups is 2. The molecule has 3 rings (SSSR count). The van der Waals surface area contributed by atoms with Crippen molar-refractivity contribution in [3.8, 4) is 0 Å². The highest BCUT2D eigenvalue weighted by atomic mass is 16.6. The molecule has 0 saturated heterocycles. The zero-order valence-electron chi connectivity index (χ0n) is 8.97. The number of fused-ring (bicyclic) bond motifs is 1. The van der Waals surface area contributed by atoms with Gasteiger partial charge in [0.15, 0.2) is 17.9 Å². The summed E-state index contributed by atoms with van der Waals surface area (Å²) < 4.78 is 5.01. The van der Waals surface area contributed by atoms with Crippen LogP contribution in [0.3, 0.4) is 0 Å². The molecule has 1 heterocycles. The molecule has 1 aromatic carbocycles. The molecule has 1 aliphatic carbocycles. The van der Waals surface area contributed by atoms with Crippen LogP contribution >= 0.6 is 0 Å². The minimum Gasteiger partial charge on any atom is -0.364 e. The van der Waals surface area contributed by atoms with Gasteiger partial charge < -0.3 is 9.84 Å². The second-order valence-electron chi connectivity index (χ2n) is 4.07. The molecule has 1 atom stereocenters. The Morgan fingerprint density at radius 1 is 1.12 bits per heavy atom. The maximum Gasteiger partial charge on any atom is 0.195 e. The van der Waals surface area contributed by atoms with E-state index in [4.69, 9.17) is 4.74 Å². The first kappa shape index (κ1) is 10.4. The van der Waals surface area contributed by atoms with Gasteiger partial charge in [-0.1, -0.05) is 24.3 Å². The lowest BCUT2D eigenvalue weighted by atomic mass is 9.82. The molecule has 0 unspecified atom stereocenters. The van der Waals surface area contributed by atoms with Gasteiger partial charge in [-0.05, 0) is 0 Å². The lowest BCUT2D eigenvalue weighted by Gasteiger charge is -2.27. The van der Waals surface area contributed by atoms with Crippen molar-refractivity contribution in [1.29, 1.82) is 0 Å². The number of ketones is 2. The summed E-state index contributed by atoms with van der Waals surface area (Å²) >= 11 is 0. The number of hydrogen-bond acceptors (Lipinski definition) is 4. The highest BCUT2D eigenvalue weighted by Crippen LogP contribution is 2.32. The molecule has 0 amide bonds. The third-order valence-electron chi connectivity index (χ3n) is 3.13. The summed E-state index contributed by atoms with van der Waals surface area (Å²) in [6, 6.07) is 6.67. The molecule has 0 aromatic heterocycles. The molecule has 17 heavy (non-hydrogen) atoms. The maximum absolute atomic E-state index is 12.2. The van der Waals surface area contributed by atoms with Crippen molar-refractivity contribution >= 4 is 11.6 Å². The van der Waals surface area contributed by atoms with Crippen molar-refractivity contribution in [1.82, 2.24) is 0 Å². The summed E-state index contributed by atoms with van der Waals surface area (Å²) in [6.45, 7) is 0.265. The van der Waals surface area contributed by atoms with E-state index in [1.165, 1.54) is 0 Å². The average Bonchev–Trinajstić information content (AvgIpc) is 2.36. The first-order valence-corrected chi connectivity index (χ1v) is 5.41. The van der Waals surface area contributed by atoms with Crippen LogP contribution in [0.2, 0.25) is 0 Å². The Hall–Kier alpha value is -1.78. The standard InChI is InChI=1S/C13H10O4/c14-11-7-3-1-2-4-8(7)12(15)10-9(11)5-6-17-13(10)16/h1-4,13,16H,5-6H2/t13-/m0/s1. The normalized spacial score (nSPS) is 23.5. The Morgan fingerprint density at radius 2 is 1.76 bits per heavy atom. The molecule has 0 fully saturated rings. The minimum absolute atomic E-state index is 0.111. The molecular formula is C13H10O4. The molecule has 0 saturated carbocycles. The largest absolute Gasteiger partial charge is 0.364 e. The molecule has 1 aliphatic heterocycles. The van der Waals surface area contributed by atoms with Crippen molar-refractivity contribution in [2.75, 3.05) is 6.61 Å². The van der Waals surface area contributed by atoms with Gasteiger partial charge in [-0.3, -0.25) is 9.59 Å². The van der Waals surface area contributed by atoms with E-state index in [-0.39, 0.29) is 23.7 Å². The van der Waals surface area contributed by atoms with Crippen LogP contribution in [0.15, 0.2) is 35.4 Å². The Kier molecular flexibility index (Phi) is 2.21. The first-order chi connectivity index (χ1) is 8.20. The molecule has 4 heteroatoms. The van der Waals surface area contributed by atoms with Crippen molar-refractivity contribution in [3.05, 3.63) is 46.5 Å². The molecular weight excluding hydrogens is 220 g/mol. The lowest BCUT2D eigenvalue weighted by Crippen LogP contribution is -2.34. The number of Topliss-reactive ketones (excluding diaryl/α,β-unsaturated/α-hetero) is 2.